The van der Waals surface area contributed by atoms with Gasteiger partial charge in [-0.05, 0) is 0 Å². The van der Waals surface area contributed by atoms with Crippen molar-refractivity contribution in [1.29, 1.82) is 0 Å². The number of rotatable bonds is 0. The molecule has 3 nitrogen and oxygen atoms in total. The van der Waals surface area contributed by atoms with E-state index in [-0.39, 0.29) is 0 Å². The Kier molecular flexibility index (Phi) is 1.57. The van der Waals surface area contributed by atoms with E-state index in [1.165, 1.54) is 0 Å². The van der Waals surface area contributed by atoms with Crippen LogP contribution < -0.4 is 5.43 Å². The molecule has 0 atom stereocenters. The summed E-state index contributed by atoms with van der Waals surface area (Å²) in [5.74, 6) is 1.18. The minimum absolute atomic E-state index is 0.572. The normalized spacial score (nSPS) is 22.2. The highest BCUT2D eigenvalue weighted by Gasteiger charge is 2.05. The number of allylic oxidation sites excluding steroid dienone is 1. The molecule has 0 spiro atoms. The van der Waals surface area contributed by atoms with Crippen LogP contribution in [0.5, 0.6) is 0 Å². The van der Waals surface area contributed by atoms with Crippen LogP contribution in [0.2, 0.25) is 0 Å². The molecule has 50 valence electrons. The number of nitrogens with zero attached hydrogens (tertiary/aromatic N) is 1. The summed E-state index contributed by atoms with van der Waals surface area (Å²) in [7, 11) is 0. The Balaban J connectivity index is 2.67. The van der Waals surface area contributed by atoms with Crippen molar-refractivity contribution in [3.8, 4) is 0 Å². The molecule has 1 N–H and O–H groups in total. The average molecular weight is 143 g/mol. The fraction of sp³-hybridized carbons (Fsp3) is 0.400. The fourth-order valence-electron chi connectivity index (χ4n) is 0.473. The van der Waals surface area contributed by atoms with Crippen molar-refractivity contribution >= 4 is 18.5 Å². The Morgan fingerprint density at radius 3 is 2.67 bits per heavy atom. The highest BCUT2D eigenvalue weighted by molar-refractivity contribution is 7.63. The summed E-state index contributed by atoms with van der Waals surface area (Å²) in [6.07, 6.45) is 0. The van der Waals surface area contributed by atoms with Gasteiger partial charge in [0.25, 0.3) is 0 Å². The zero-order valence-electron chi connectivity index (χ0n) is 5.26. The van der Waals surface area contributed by atoms with E-state index in [9.17, 15) is 0 Å². The van der Waals surface area contributed by atoms with Crippen LogP contribution in [0, 0.1) is 0 Å². The number of hydrogen-bond acceptors (Lipinski definition) is 4. The summed E-state index contributed by atoms with van der Waals surface area (Å²) in [5, 5.41) is 3.76. The molecule has 0 aliphatic carbocycles. The maximum Gasteiger partial charge on any atom is 0.211 e. The lowest BCUT2D eigenvalue weighted by Gasteiger charge is -2.07. The Morgan fingerprint density at radius 2 is 2.44 bits per heavy atom. The first-order valence-corrected chi connectivity index (χ1v) is 2.97. The van der Waals surface area contributed by atoms with Crippen molar-refractivity contribution in [2.45, 2.75) is 13.8 Å². The molecule has 0 aromatic heterocycles. The fourth-order valence-corrected chi connectivity index (χ4v) is 0.561. The first-order valence-electron chi connectivity index (χ1n) is 2.56. The van der Waals surface area contributed by atoms with Gasteiger partial charge < -0.3 is 17.4 Å². The van der Waals surface area contributed by atoms with Gasteiger partial charge >= 0.3 is 0 Å². The third-order valence-corrected chi connectivity index (χ3v) is 1.07. The largest absolute Gasteiger partial charge is 0.779 e. The molecular weight excluding hydrogens is 136 g/mol. The van der Waals surface area contributed by atoms with Gasteiger partial charge in [0.2, 0.25) is 5.90 Å². The second-order valence-corrected chi connectivity index (χ2v) is 2.34. The first kappa shape index (κ1) is 6.35. The number of ether oxygens (including phenoxy) is 1. The molecule has 0 radical (unpaired) electrons. The van der Waals surface area contributed by atoms with Gasteiger partial charge in [0.05, 0.1) is 0 Å². The number of hydrogen-bond donors (Lipinski definition) is 1. The molecule has 0 aromatic carbocycles. The molecule has 0 saturated carbocycles. The Hall–Kier alpha value is -0.770. The number of nitrogens with one attached hydrogen (secondary N) is 1. The molecule has 1 aliphatic rings. The molecule has 0 unspecified atom stereocenters. The smallest absolute Gasteiger partial charge is 0.211 e. The lowest BCUT2D eigenvalue weighted by molar-refractivity contribution is 0.410. The van der Waals surface area contributed by atoms with Crippen LogP contribution in [-0.4, -0.2) is 5.90 Å². The molecule has 0 aromatic rings. The molecule has 1 heterocycles. The third-order valence-electron chi connectivity index (χ3n) is 0.884. The van der Waals surface area contributed by atoms with E-state index in [0.717, 1.165) is 0 Å². The van der Waals surface area contributed by atoms with Gasteiger partial charge in [-0.15, -0.1) is 10.0 Å². The molecule has 4 heteroatoms. The molecule has 0 bridgehead atoms. The molecular formula is C5H7N2OS-. The van der Waals surface area contributed by atoms with Crippen molar-refractivity contribution in [2.75, 3.05) is 0 Å². The first-order chi connectivity index (χ1) is 4.20. The van der Waals surface area contributed by atoms with Crippen molar-refractivity contribution < 1.29 is 4.74 Å². The van der Waals surface area contributed by atoms with Crippen LogP contribution >= 0.6 is 0 Å². The zero-order chi connectivity index (χ0) is 6.85. The summed E-state index contributed by atoms with van der Waals surface area (Å²) in [6, 6.07) is 0. The minimum Gasteiger partial charge on any atom is -0.779 e. The summed E-state index contributed by atoms with van der Waals surface area (Å²) >= 11 is 4.81. The SMILES string of the molecule is CC1=NNC(=C(C)[S-])O1. The second-order valence-electron chi connectivity index (χ2n) is 1.73. The van der Waals surface area contributed by atoms with E-state index in [2.05, 4.69) is 10.5 Å². The lowest BCUT2D eigenvalue weighted by Crippen LogP contribution is -2.01. The van der Waals surface area contributed by atoms with Crippen molar-refractivity contribution in [3.63, 3.8) is 0 Å². The van der Waals surface area contributed by atoms with Gasteiger partial charge in [0.1, 0.15) is 0 Å². The maximum absolute atomic E-state index is 5.04. The third kappa shape index (κ3) is 1.32. The highest BCUT2D eigenvalue weighted by atomic mass is 32.1. The average Bonchev–Trinajstić information content (AvgIpc) is 2.14. The van der Waals surface area contributed by atoms with Gasteiger partial charge in [0.15, 0.2) is 5.88 Å². The van der Waals surface area contributed by atoms with E-state index in [0.29, 0.717) is 16.7 Å². The predicted octanol–water partition coefficient (Wildman–Crippen LogP) is 0.675. The van der Waals surface area contributed by atoms with E-state index in [1.54, 1.807) is 13.8 Å². The Bertz CT molecular complexity index is 181. The van der Waals surface area contributed by atoms with Crippen molar-refractivity contribution in [3.05, 3.63) is 10.8 Å². The Labute approximate surface area is 59.2 Å². The van der Waals surface area contributed by atoms with Crippen molar-refractivity contribution in [1.82, 2.24) is 5.43 Å². The second kappa shape index (κ2) is 2.23. The Morgan fingerprint density at radius 1 is 1.78 bits per heavy atom. The minimum atomic E-state index is 0.572. The lowest BCUT2D eigenvalue weighted by atomic mass is 10.6. The van der Waals surface area contributed by atoms with Gasteiger partial charge in [-0.25, -0.2) is 5.43 Å². The maximum atomic E-state index is 5.04. The topological polar surface area (TPSA) is 33.6 Å². The number of hydrazone groups is 1. The molecule has 9 heavy (non-hydrogen) atoms. The summed E-state index contributed by atoms with van der Waals surface area (Å²) < 4.78 is 5.04. The standard InChI is InChI=1S/C5H8N2OS/c1-3(9)5-7-6-4(2)8-5/h7,9H,1-2H3/p-1. The molecule has 0 fully saturated rings. The molecule has 1 rings (SSSR count). The van der Waals surface area contributed by atoms with E-state index in [4.69, 9.17) is 17.4 Å². The van der Waals surface area contributed by atoms with E-state index >= 15 is 0 Å². The summed E-state index contributed by atoms with van der Waals surface area (Å²) in [6.45, 7) is 3.55. The predicted molar refractivity (Wildman–Crippen MR) is 37.4 cm³/mol. The van der Waals surface area contributed by atoms with Gasteiger partial charge in [-0.1, -0.05) is 6.92 Å². The van der Waals surface area contributed by atoms with Crippen LogP contribution in [0.4, 0.5) is 0 Å². The molecule has 0 amide bonds. The van der Waals surface area contributed by atoms with Crippen LogP contribution in [0.1, 0.15) is 13.8 Å². The van der Waals surface area contributed by atoms with Crippen LogP contribution in [-0.2, 0) is 17.4 Å². The van der Waals surface area contributed by atoms with Crippen LogP contribution in [0.3, 0.4) is 0 Å². The summed E-state index contributed by atoms with van der Waals surface area (Å²) in [5.41, 5.74) is 2.65. The summed E-state index contributed by atoms with van der Waals surface area (Å²) in [4.78, 5) is 0.690. The van der Waals surface area contributed by atoms with E-state index < -0.39 is 0 Å². The van der Waals surface area contributed by atoms with Gasteiger partial charge in [-0.2, -0.15) is 0 Å². The van der Waals surface area contributed by atoms with E-state index in [1.807, 2.05) is 0 Å². The highest BCUT2D eigenvalue weighted by Crippen LogP contribution is 2.06. The van der Waals surface area contributed by atoms with Crippen LogP contribution in [0.25, 0.3) is 0 Å². The van der Waals surface area contributed by atoms with Gasteiger partial charge in [0, 0.05) is 6.92 Å². The molecule has 1 aliphatic heterocycles. The van der Waals surface area contributed by atoms with Gasteiger partial charge in [-0.3, -0.25) is 0 Å². The zero-order valence-corrected chi connectivity index (χ0v) is 6.08. The van der Waals surface area contributed by atoms with Crippen LogP contribution in [0.15, 0.2) is 15.9 Å². The monoisotopic (exact) mass is 143 g/mol. The molecule has 0 saturated heterocycles. The van der Waals surface area contributed by atoms with Crippen molar-refractivity contribution in [2.24, 2.45) is 5.10 Å². The quantitative estimate of drug-likeness (QED) is 0.506.